The maximum Gasteiger partial charge on any atom is 0.254 e. The molecule has 1 aromatic heterocycles. The second-order valence-corrected chi connectivity index (χ2v) is 7.51. The SMILES string of the molecule is CC(=O)N1CCN(C(=O)c2ccnc(N3CCN(c4ccccc4)CC3)c2)CC1. The van der Waals surface area contributed by atoms with E-state index in [-0.39, 0.29) is 11.8 Å². The largest absolute Gasteiger partial charge is 0.368 e. The monoisotopic (exact) mass is 393 g/mol. The molecule has 7 heteroatoms. The second kappa shape index (κ2) is 8.51. The molecule has 0 unspecified atom stereocenters. The fraction of sp³-hybridized carbons (Fsp3) is 0.409. The van der Waals surface area contributed by atoms with E-state index in [1.165, 1.54) is 5.69 Å². The molecule has 0 N–H and O–H groups in total. The van der Waals surface area contributed by atoms with Crippen molar-refractivity contribution < 1.29 is 9.59 Å². The molecule has 0 atom stereocenters. The van der Waals surface area contributed by atoms with E-state index < -0.39 is 0 Å². The number of amides is 2. The number of hydrogen-bond donors (Lipinski definition) is 0. The number of hydrogen-bond acceptors (Lipinski definition) is 5. The minimum Gasteiger partial charge on any atom is -0.368 e. The lowest BCUT2D eigenvalue weighted by molar-refractivity contribution is -0.130. The van der Waals surface area contributed by atoms with Gasteiger partial charge in [-0.2, -0.15) is 0 Å². The Hall–Kier alpha value is -3.09. The zero-order chi connectivity index (χ0) is 20.2. The summed E-state index contributed by atoms with van der Waals surface area (Å²) >= 11 is 0. The molecular formula is C22H27N5O2. The molecule has 0 spiro atoms. The smallest absolute Gasteiger partial charge is 0.254 e. The van der Waals surface area contributed by atoms with Crippen molar-refractivity contribution in [2.45, 2.75) is 6.92 Å². The summed E-state index contributed by atoms with van der Waals surface area (Å²) in [5.41, 5.74) is 1.91. The molecule has 0 aliphatic carbocycles. The van der Waals surface area contributed by atoms with Crippen molar-refractivity contribution in [1.82, 2.24) is 14.8 Å². The third-order valence-electron chi connectivity index (χ3n) is 5.73. The number of benzene rings is 1. The van der Waals surface area contributed by atoms with Gasteiger partial charge < -0.3 is 19.6 Å². The summed E-state index contributed by atoms with van der Waals surface area (Å²) < 4.78 is 0. The fourth-order valence-electron chi connectivity index (χ4n) is 3.96. The molecule has 0 bridgehead atoms. The van der Waals surface area contributed by atoms with E-state index in [0.29, 0.717) is 31.7 Å². The second-order valence-electron chi connectivity index (χ2n) is 7.51. The van der Waals surface area contributed by atoms with Gasteiger partial charge in [0.25, 0.3) is 5.91 Å². The van der Waals surface area contributed by atoms with Gasteiger partial charge >= 0.3 is 0 Å². The highest BCUT2D eigenvalue weighted by atomic mass is 16.2. The van der Waals surface area contributed by atoms with Gasteiger partial charge in [-0.25, -0.2) is 4.98 Å². The van der Waals surface area contributed by atoms with Gasteiger partial charge in [-0.15, -0.1) is 0 Å². The lowest BCUT2D eigenvalue weighted by Crippen LogP contribution is -2.50. The summed E-state index contributed by atoms with van der Waals surface area (Å²) in [6, 6.07) is 14.1. The van der Waals surface area contributed by atoms with Crippen LogP contribution >= 0.6 is 0 Å². The van der Waals surface area contributed by atoms with Crippen LogP contribution in [-0.4, -0.2) is 79.0 Å². The predicted molar refractivity (Wildman–Crippen MR) is 113 cm³/mol. The predicted octanol–water partition coefficient (Wildman–Crippen LogP) is 1.71. The van der Waals surface area contributed by atoms with E-state index in [2.05, 4.69) is 39.0 Å². The molecule has 4 rings (SSSR count). The first-order valence-electron chi connectivity index (χ1n) is 10.2. The van der Waals surface area contributed by atoms with Crippen LogP contribution < -0.4 is 9.80 Å². The van der Waals surface area contributed by atoms with Crippen molar-refractivity contribution in [1.29, 1.82) is 0 Å². The summed E-state index contributed by atoms with van der Waals surface area (Å²) in [7, 11) is 0. The highest BCUT2D eigenvalue weighted by Crippen LogP contribution is 2.20. The van der Waals surface area contributed by atoms with Crippen LogP contribution in [0.5, 0.6) is 0 Å². The zero-order valence-corrected chi connectivity index (χ0v) is 16.8. The first-order valence-corrected chi connectivity index (χ1v) is 10.2. The Morgan fingerprint density at radius 2 is 1.41 bits per heavy atom. The number of carbonyl (C=O) groups is 2. The molecule has 29 heavy (non-hydrogen) atoms. The maximum absolute atomic E-state index is 12.9. The van der Waals surface area contributed by atoms with Gasteiger partial charge in [-0.05, 0) is 24.3 Å². The van der Waals surface area contributed by atoms with E-state index >= 15 is 0 Å². The zero-order valence-electron chi connectivity index (χ0n) is 16.8. The highest BCUT2D eigenvalue weighted by molar-refractivity contribution is 5.95. The molecule has 1 aromatic carbocycles. The molecule has 2 amide bonds. The molecule has 2 aliphatic rings. The summed E-state index contributed by atoms with van der Waals surface area (Å²) in [6.07, 6.45) is 1.72. The van der Waals surface area contributed by atoms with E-state index in [1.807, 2.05) is 17.0 Å². The van der Waals surface area contributed by atoms with Gasteiger partial charge in [0.1, 0.15) is 5.82 Å². The molecule has 3 heterocycles. The topological polar surface area (TPSA) is 60.0 Å². The Balaban J connectivity index is 1.38. The number of aromatic nitrogens is 1. The van der Waals surface area contributed by atoms with Crippen molar-refractivity contribution in [3.05, 3.63) is 54.2 Å². The number of piperazine rings is 2. The molecular weight excluding hydrogens is 366 g/mol. The third-order valence-corrected chi connectivity index (χ3v) is 5.73. The average Bonchev–Trinajstić information content (AvgIpc) is 2.79. The van der Waals surface area contributed by atoms with Crippen molar-refractivity contribution in [2.75, 3.05) is 62.2 Å². The van der Waals surface area contributed by atoms with Crippen LogP contribution in [0, 0.1) is 0 Å². The van der Waals surface area contributed by atoms with Crippen LogP contribution in [0.4, 0.5) is 11.5 Å². The van der Waals surface area contributed by atoms with Crippen molar-refractivity contribution >= 4 is 23.3 Å². The summed E-state index contributed by atoms with van der Waals surface area (Å²) in [5.74, 6) is 0.934. The van der Waals surface area contributed by atoms with Crippen LogP contribution in [-0.2, 0) is 4.79 Å². The number of carbonyl (C=O) groups excluding carboxylic acids is 2. The van der Waals surface area contributed by atoms with E-state index in [4.69, 9.17) is 0 Å². The molecule has 0 radical (unpaired) electrons. The highest BCUT2D eigenvalue weighted by Gasteiger charge is 2.24. The number of nitrogens with zero attached hydrogens (tertiary/aromatic N) is 5. The van der Waals surface area contributed by atoms with Crippen LogP contribution in [0.2, 0.25) is 0 Å². The Bertz CT molecular complexity index is 857. The normalized spacial score (nSPS) is 17.4. The molecule has 152 valence electrons. The Kier molecular flexibility index (Phi) is 5.64. The van der Waals surface area contributed by atoms with Gasteiger partial charge in [0.05, 0.1) is 0 Å². The van der Waals surface area contributed by atoms with Crippen LogP contribution in [0.15, 0.2) is 48.7 Å². The molecule has 2 aliphatic heterocycles. The van der Waals surface area contributed by atoms with E-state index in [1.54, 1.807) is 24.1 Å². The molecule has 0 saturated carbocycles. The quantitative estimate of drug-likeness (QED) is 0.795. The van der Waals surface area contributed by atoms with Crippen LogP contribution in [0.25, 0.3) is 0 Å². The number of pyridine rings is 1. The lowest BCUT2D eigenvalue weighted by atomic mass is 10.2. The van der Waals surface area contributed by atoms with Gasteiger partial charge in [-0.3, -0.25) is 9.59 Å². The van der Waals surface area contributed by atoms with Gasteiger partial charge in [0.2, 0.25) is 5.91 Å². The standard InChI is InChI=1S/C22H27N5O2/c1-18(28)24-9-15-27(16-10-24)22(29)19-7-8-23-21(17-19)26-13-11-25(12-14-26)20-5-3-2-4-6-20/h2-8,17H,9-16H2,1H3. The number of para-hydroxylation sites is 1. The molecule has 7 nitrogen and oxygen atoms in total. The Morgan fingerprint density at radius 1 is 0.793 bits per heavy atom. The van der Waals surface area contributed by atoms with E-state index in [0.717, 1.165) is 32.0 Å². The summed E-state index contributed by atoms with van der Waals surface area (Å²) in [5, 5.41) is 0. The van der Waals surface area contributed by atoms with Crippen LogP contribution in [0.1, 0.15) is 17.3 Å². The van der Waals surface area contributed by atoms with E-state index in [9.17, 15) is 9.59 Å². The molecule has 2 saturated heterocycles. The van der Waals surface area contributed by atoms with Crippen molar-refractivity contribution in [3.63, 3.8) is 0 Å². The minimum atomic E-state index is 0.0137. The average molecular weight is 393 g/mol. The summed E-state index contributed by atoms with van der Waals surface area (Å²) in [4.78, 5) is 37.1. The number of rotatable bonds is 3. The van der Waals surface area contributed by atoms with Crippen molar-refractivity contribution in [2.24, 2.45) is 0 Å². The van der Waals surface area contributed by atoms with Gasteiger partial charge in [0.15, 0.2) is 0 Å². The first-order chi connectivity index (χ1) is 14.1. The molecule has 2 aromatic rings. The fourth-order valence-corrected chi connectivity index (χ4v) is 3.96. The third kappa shape index (κ3) is 4.34. The van der Waals surface area contributed by atoms with Crippen molar-refractivity contribution in [3.8, 4) is 0 Å². The minimum absolute atomic E-state index is 0.0137. The molecule has 2 fully saturated rings. The first kappa shape index (κ1) is 19.2. The Labute approximate surface area is 171 Å². The lowest BCUT2D eigenvalue weighted by Gasteiger charge is -2.37. The Morgan fingerprint density at radius 3 is 2.07 bits per heavy atom. The summed E-state index contributed by atoms with van der Waals surface area (Å²) in [6.45, 7) is 7.52. The number of anilines is 2. The van der Waals surface area contributed by atoms with Crippen LogP contribution in [0.3, 0.4) is 0 Å². The van der Waals surface area contributed by atoms with Gasteiger partial charge in [-0.1, -0.05) is 18.2 Å². The maximum atomic E-state index is 12.9. The van der Waals surface area contributed by atoms with Gasteiger partial charge in [0, 0.05) is 76.7 Å².